The Hall–Kier alpha value is -0.570. The highest BCUT2D eigenvalue weighted by Gasteiger charge is 2.36. The lowest BCUT2D eigenvalue weighted by Crippen LogP contribution is -2.49. The van der Waals surface area contributed by atoms with Crippen molar-refractivity contribution in [3.05, 3.63) is 0 Å². The van der Waals surface area contributed by atoms with Crippen molar-refractivity contribution in [3.63, 3.8) is 0 Å². The van der Waals surface area contributed by atoms with Crippen molar-refractivity contribution >= 4 is 5.91 Å². The van der Waals surface area contributed by atoms with Crippen molar-refractivity contribution in [1.82, 2.24) is 10.2 Å². The van der Waals surface area contributed by atoms with E-state index in [0.717, 1.165) is 32.5 Å². The molecule has 104 valence electrons. The van der Waals surface area contributed by atoms with Crippen LogP contribution in [0.5, 0.6) is 0 Å². The SMILES string of the molecule is CC1CCNC(C(=O)N2CCC(C(C)(C)C)C2)C1. The van der Waals surface area contributed by atoms with Gasteiger partial charge in [0, 0.05) is 13.1 Å². The number of piperidine rings is 1. The molecule has 3 atom stereocenters. The number of carbonyl (C=O) groups is 1. The molecule has 1 amide bonds. The molecule has 0 saturated carbocycles. The highest BCUT2D eigenvalue weighted by molar-refractivity contribution is 5.82. The van der Waals surface area contributed by atoms with E-state index in [1.54, 1.807) is 0 Å². The van der Waals surface area contributed by atoms with Crippen molar-refractivity contribution in [3.8, 4) is 0 Å². The third-order valence-electron chi connectivity index (χ3n) is 4.69. The van der Waals surface area contributed by atoms with Crippen molar-refractivity contribution in [1.29, 1.82) is 0 Å². The van der Waals surface area contributed by atoms with E-state index in [4.69, 9.17) is 0 Å². The van der Waals surface area contributed by atoms with Gasteiger partial charge in [0.15, 0.2) is 0 Å². The summed E-state index contributed by atoms with van der Waals surface area (Å²) in [7, 11) is 0. The van der Waals surface area contributed by atoms with Gasteiger partial charge in [-0.3, -0.25) is 4.79 Å². The first-order valence-electron chi connectivity index (χ1n) is 7.40. The van der Waals surface area contributed by atoms with Gasteiger partial charge in [-0.2, -0.15) is 0 Å². The summed E-state index contributed by atoms with van der Waals surface area (Å²) in [6.07, 6.45) is 3.38. The molecule has 0 spiro atoms. The summed E-state index contributed by atoms with van der Waals surface area (Å²) in [4.78, 5) is 14.6. The van der Waals surface area contributed by atoms with Crippen LogP contribution in [0.15, 0.2) is 0 Å². The minimum atomic E-state index is 0.0764. The second kappa shape index (κ2) is 5.20. The summed E-state index contributed by atoms with van der Waals surface area (Å²) in [5.74, 6) is 1.68. The molecular formula is C15H28N2O. The van der Waals surface area contributed by atoms with Gasteiger partial charge >= 0.3 is 0 Å². The molecular weight excluding hydrogens is 224 g/mol. The Bertz CT molecular complexity index is 308. The molecule has 0 aromatic rings. The van der Waals surface area contributed by atoms with E-state index in [2.05, 4.69) is 37.9 Å². The van der Waals surface area contributed by atoms with Gasteiger partial charge in [-0.15, -0.1) is 0 Å². The molecule has 0 aromatic heterocycles. The van der Waals surface area contributed by atoms with Crippen LogP contribution < -0.4 is 5.32 Å². The first kappa shape index (κ1) is 13.9. The summed E-state index contributed by atoms with van der Waals surface area (Å²) < 4.78 is 0. The number of nitrogens with one attached hydrogen (secondary N) is 1. The average Bonchev–Trinajstić information content (AvgIpc) is 2.77. The molecule has 18 heavy (non-hydrogen) atoms. The maximum absolute atomic E-state index is 12.5. The molecule has 3 heteroatoms. The van der Waals surface area contributed by atoms with Crippen LogP contribution in [0.2, 0.25) is 0 Å². The number of likely N-dealkylation sites (tertiary alicyclic amines) is 1. The maximum Gasteiger partial charge on any atom is 0.239 e. The van der Waals surface area contributed by atoms with Crippen LogP contribution in [-0.2, 0) is 4.79 Å². The molecule has 2 aliphatic rings. The first-order valence-corrected chi connectivity index (χ1v) is 7.40. The quantitative estimate of drug-likeness (QED) is 0.776. The zero-order valence-corrected chi connectivity index (χ0v) is 12.3. The number of amides is 1. The summed E-state index contributed by atoms with van der Waals surface area (Å²) in [5.41, 5.74) is 0.322. The molecule has 0 aliphatic carbocycles. The molecule has 2 saturated heterocycles. The topological polar surface area (TPSA) is 32.3 Å². The molecule has 3 unspecified atom stereocenters. The second-order valence-corrected chi connectivity index (χ2v) is 7.27. The highest BCUT2D eigenvalue weighted by Crippen LogP contribution is 2.34. The maximum atomic E-state index is 12.5. The molecule has 3 nitrogen and oxygen atoms in total. The number of hydrogen-bond donors (Lipinski definition) is 1. The smallest absolute Gasteiger partial charge is 0.239 e. The fraction of sp³-hybridized carbons (Fsp3) is 0.933. The molecule has 1 N–H and O–H groups in total. The predicted octanol–water partition coefficient (Wildman–Crippen LogP) is 2.27. The highest BCUT2D eigenvalue weighted by atomic mass is 16.2. The Balaban J connectivity index is 1.91. The van der Waals surface area contributed by atoms with E-state index in [1.165, 1.54) is 6.42 Å². The van der Waals surface area contributed by atoms with Gasteiger partial charge in [0.05, 0.1) is 6.04 Å². The molecule has 2 fully saturated rings. The van der Waals surface area contributed by atoms with Crippen LogP contribution in [0.3, 0.4) is 0 Å². The zero-order chi connectivity index (χ0) is 13.3. The Labute approximate surface area is 111 Å². The standard InChI is InChI=1S/C15H28N2O/c1-11-5-7-16-13(9-11)14(18)17-8-6-12(10-17)15(2,3)4/h11-13,16H,5-10H2,1-4H3. The summed E-state index contributed by atoms with van der Waals surface area (Å²) in [6.45, 7) is 12.0. The summed E-state index contributed by atoms with van der Waals surface area (Å²) >= 11 is 0. The largest absolute Gasteiger partial charge is 0.341 e. The Kier molecular flexibility index (Phi) is 4.00. The van der Waals surface area contributed by atoms with Crippen LogP contribution in [-0.4, -0.2) is 36.5 Å². The molecule has 2 heterocycles. The van der Waals surface area contributed by atoms with Gasteiger partial charge in [-0.05, 0) is 43.1 Å². The monoisotopic (exact) mass is 252 g/mol. The van der Waals surface area contributed by atoms with E-state index >= 15 is 0 Å². The Morgan fingerprint density at radius 2 is 2.00 bits per heavy atom. The van der Waals surface area contributed by atoms with Crippen LogP contribution in [0.25, 0.3) is 0 Å². The number of hydrogen-bond acceptors (Lipinski definition) is 2. The molecule has 2 aliphatic heterocycles. The number of carbonyl (C=O) groups excluding carboxylic acids is 1. The third kappa shape index (κ3) is 3.05. The van der Waals surface area contributed by atoms with Crippen molar-refractivity contribution in [2.75, 3.05) is 19.6 Å². The lowest BCUT2D eigenvalue weighted by atomic mass is 9.80. The summed E-state index contributed by atoms with van der Waals surface area (Å²) in [5, 5.41) is 3.39. The van der Waals surface area contributed by atoms with E-state index in [-0.39, 0.29) is 6.04 Å². The van der Waals surface area contributed by atoms with Gasteiger partial charge in [-0.1, -0.05) is 27.7 Å². The Morgan fingerprint density at radius 3 is 2.56 bits per heavy atom. The summed E-state index contributed by atoms with van der Waals surface area (Å²) in [6, 6.07) is 0.0764. The van der Waals surface area contributed by atoms with Gasteiger partial charge in [0.1, 0.15) is 0 Å². The third-order valence-corrected chi connectivity index (χ3v) is 4.69. The minimum absolute atomic E-state index is 0.0764. The fourth-order valence-electron chi connectivity index (χ4n) is 3.18. The first-order chi connectivity index (χ1) is 8.38. The lowest BCUT2D eigenvalue weighted by Gasteiger charge is -2.31. The van der Waals surface area contributed by atoms with E-state index in [0.29, 0.717) is 23.2 Å². The second-order valence-electron chi connectivity index (χ2n) is 7.27. The van der Waals surface area contributed by atoms with Crippen molar-refractivity contribution < 1.29 is 4.79 Å². The number of rotatable bonds is 1. The van der Waals surface area contributed by atoms with Gasteiger partial charge in [-0.25, -0.2) is 0 Å². The van der Waals surface area contributed by atoms with E-state index in [1.807, 2.05) is 0 Å². The van der Waals surface area contributed by atoms with Gasteiger partial charge in [0.25, 0.3) is 0 Å². The average molecular weight is 252 g/mol. The lowest BCUT2D eigenvalue weighted by molar-refractivity contribution is -0.133. The molecule has 0 radical (unpaired) electrons. The van der Waals surface area contributed by atoms with Crippen LogP contribution in [0.1, 0.15) is 47.0 Å². The van der Waals surface area contributed by atoms with Gasteiger partial charge < -0.3 is 10.2 Å². The Morgan fingerprint density at radius 1 is 1.28 bits per heavy atom. The van der Waals surface area contributed by atoms with E-state index in [9.17, 15) is 4.79 Å². The predicted molar refractivity (Wildman–Crippen MR) is 74.3 cm³/mol. The van der Waals surface area contributed by atoms with Crippen LogP contribution in [0, 0.1) is 17.3 Å². The van der Waals surface area contributed by atoms with Crippen molar-refractivity contribution in [2.24, 2.45) is 17.3 Å². The zero-order valence-electron chi connectivity index (χ0n) is 12.3. The molecule has 0 aromatic carbocycles. The molecule has 2 rings (SSSR count). The van der Waals surface area contributed by atoms with Gasteiger partial charge in [0.2, 0.25) is 5.91 Å². The van der Waals surface area contributed by atoms with Crippen LogP contribution >= 0.6 is 0 Å². The van der Waals surface area contributed by atoms with Crippen molar-refractivity contribution in [2.45, 2.75) is 53.0 Å². The van der Waals surface area contributed by atoms with Crippen LogP contribution in [0.4, 0.5) is 0 Å². The van der Waals surface area contributed by atoms with E-state index < -0.39 is 0 Å². The minimum Gasteiger partial charge on any atom is -0.341 e. The fourth-order valence-corrected chi connectivity index (χ4v) is 3.18. The molecule has 0 bridgehead atoms. The normalized spacial score (nSPS) is 33.8. The number of nitrogens with zero attached hydrogens (tertiary/aromatic N) is 1.